The number of aryl methyl sites for hydroxylation is 1. The molecule has 9 heteroatoms. The molecule has 0 unspecified atom stereocenters. The molecule has 0 aliphatic heterocycles. The van der Waals surface area contributed by atoms with Gasteiger partial charge in [-0.05, 0) is 35.7 Å². The molecule has 0 saturated carbocycles. The first-order valence-corrected chi connectivity index (χ1v) is 9.95. The molecule has 0 amide bonds. The van der Waals surface area contributed by atoms with Gasteiger partial charge in [0.15, 0.2) is 5.96 Å². The van der Waals surface area contributed by atoms with Crippen molar-refractivity contribution in [3.05, 3.63) is 83.4 Å². The molecular formula is C23H28F2IN5O. The van der Waals surface area contributed by atoms with E-state index in [4.69, 9.17) is 0 Å². The standard InChI is InChI=1S/C23H27F2N5O.HI/c1-17-27-11-12-30(17)16-20-6-4-5-19(13-20)14-28-23(26-2)29(3)15-18-7-9-21(10-8-18)31-22(24)25;/h4-13,22H,14-16H2,1-3H3,(H,26,28);1H. The van der Waals surface area contributed by atoms with Crippen molar-refractivity contribution >= 4 is 29.9 Å². The lowest BCUT2D eigenvalue weighted by Crippen LogP contribution is -2.38. The largest absolute Gasteiger partial charge is 0.435 e. The van der Waals surface area contributed by atoms with Crippen molar-refractivity contribution in [1.29, 1.82) is 0 Å². The van der Waals surface area contributed by atoms with E-state index in [1.165, 1.54) is 5.56 Å². The monoisotopic (exact) mass is 555 g/mol. The molecule has 0 saturated heterocycles. The normalized spacial score (nSPS) is 11.2. The van der Waals surface area contributed by atoms with Crippen LogP contribution in [0.5, 0.6) is 5.75 Å². The number of hydrogen-bond donors (Lipinski definition) is 1. The van der Waals surface area contributed by atoms with Crippen molar-refractivity contribution in [2.45, 2.75) is 33.2 Å². The van der Waals surface area contributed by atoms with Gasteiger partial charge >= 0.3 is 6.61 Å². The lowest BCUT2D eigenvalue weighted by atomic mass is 10.1. The highest BCUT2D eigenvalue weighted by Crippen LogP contribution is 2.16. The van der Waals surface area contributed by atoms with Crippen LogP contribution in [0.4, 0.5) is 8.78 Å². The van der Waals surface area contributed by atoms with Crippen molar-refractivity contribution < 1.29 is 13.5 Å². The minimum absolute atomic E-state index is 0. The smallest absolute Gasteiger partial charge is 0.387 e. The van der Waals surface area contributed by atoms with Gasteiger partial charge in [-0.15, -0.1) is 24.0 Å². The summed E-state index contributed by atoms with van der Waals surface area (Å²) in [6.45, 7) is 1.16. The first-order chi connectivity index (χ1) is 14.9. The lowest BCUT2D eigenvalue weighted by molar-refractivity contribution is -0.0498. The second-order valence-electron chi connectivity index (χ2n) is 7.20. The molecule has 0 bridgehead atoms. The third-order valence-electron chi connectivity index (χ3n) is 4.86. The maximum atomic E-state index is 12.3. The fourth-order valence-electron chi connectivity index (χ4n) is 3.30. The zero-order chi connectivity index (χ0) is 22.2. The van der Waals surface area contributed by atoms with E-state index >= 15 is 0 Å². The highest BCUT2D eigenvalue weighted by Gasteiger charge is 2.09. The fourth-order valence-corrected chi connectivity index (χ4v) is 3.30. The molecule has 32 heavy (non-hydrogen) atoms. The number of rotatable bonds is 8. The molecule has 172 valence electrons. The predicted molar refractivity (Wildman–Crippen MR) is 133 cm³/mol. The number of ether oxygens (including phenoxy) is 1. The number of guanidine groups is 1. The zero-order valence-electron chi connectivity index (χ0n) is 18.3. The fraction of sp³-hybridized carbons (Fsp3) is 0.304. The summed E-state index contributed by atoms with van der Waals surface area (Å²) in [6, 6.07) is 15.0. The number of alkyl halides is 2. The number of nitrogens with zero attached hydrogens (tertiary/aromatic N) is 4. The van der Waals surface area contributed by atoms with Crippen LogP contribution in [0.15, 0.2) is 65.9 Å². The van der Waals surface area contributed by atoms with E-state index in [9.17, 15) is 8.78 Å². The van der Waals surface area contributed by atoms with Gasteiger partial charge in [0.2, 0.25) is 0 Å². The molecule has 0 radical (unpaired) electrons. The van der Waals surface area contributed by atoms with Crippen LogP contribution in [-0.4, -0.2) is 41.1 Å². The average Bonchev–Trinajstić information content (AvgIpc) is 3.14. The van der Waals surface area contributed by atoms with Crippen LogP contribution < -0.4 is 10.1 Å². The van der Waals surface area contributed by atoms with Gasteiger partial charge in [0.1, 0.15) is 11.6 Å². The van der Waals surface area contributed by atoms with Crippen LogP contribution in [0.2, 0.25) is 0 Å². The minimum Gasteiger partial charge on any atom is -0.435 e. The van der Waals surface area contributed by atoms with Crippen LogP contribution >= 0.6 is 24.0 Å². The van der Waals surface area contributed by atoms with E-state index < -0.39 is 6.61 Å². The summed E-state index contributed by atoms with van der Waals surface area (Å²) in [4.78, 5) is 10.6. The van der Waals surface area contributed by atoms with Crippen molar-refractivity contribution in [2.24, 2.45) is 4.99 Å². The highest BCUT2D eigenvalue weighted by molar-refractivity contribution is 14.0. The summed E-state index contributed by atoms with van der Waals surface area (Å²) >= 11 is 0. The van der Waals surface area contributed by atoms with E-state index in [-0.39, 0.29) is 29.7 Å². The first-order valence-electron chi connectivity index (χ1n) is 9.95. The Labute approximate surface area is 204 Å². The summed E-state index contributed by atoms with van der Waals surface area (Å²) in [5, 5.41) is 3.37. The number of aromatic nitrogens is 2. The Bertz CT molecular complexity index is 1010. The molecule has 2 aromatic carbocycles. The molecule has 0 aliphatic carbocycles. The Hall–Kier alpha value is -2.69. The number of benzene rings is 2. The molecule has 0 spiro atoms. The molecule has 6 nitrogen and oxygen atoms in total. The van der Waals surface area contributed by atoms with E-state index in [0.29, 0.717) is 13.1 Å². The lowest BCUT2D eigenvalue weighted by Gasteiger charge is -2.22. The minimum atomic E-state index is -2.82. The quantitative estimate of drug-likeness (QED) is 0.250. The van der Waals surface area contributed by atoms with Gasteiger partial charge in [0, 0.05) is 46.1 Å². The number of imidazole rings is 1. The Balaban J connectivity index is 0.00000363. The number of hydrogen-bond acceptors (Lipinski definition) is 3. The van der Waals surface area contributed by atoms with E-state index in [1.807, 2.05) is 31.1 Å². The van der Waals surface area contributed by atoms with E-state index in [1.54, 1.807) is 37.5 Å². The number of aliphatic imine (C=N–C) groups is 1. The average molecular weight is 555 g/mol. The summed E-state index contributed by atoms with van der Waals surface area (Å²) in [6.07, 6.45) is 3.78. The summed E-state index contributed by atoms with van der Waals surface area (Å²) < 4.78 is 31.1. The van der Waals surface area contributed by atoms with Crippen LogP contribution in [0, 0.1) is 6.92 Å². The summed E-state index contributed by atoms with van der Waals surface area (Å²) in [5.41, 5.74) is 3.32. The van der Waals surface area contributed by atoms with Crippen LogP contribution in [0.3, 0.4) is 0 Å². The molecule has 0 aliphatic rings. The van der Waals surface area contributed by atoms with Crippen molar-refractivity contribution in [1.82, 2.24) is 19.8 Å². The maximum Gasteiger partial charge on any atom is 0.387 e. The third-order valence-corrected chi connectivity index (χ3v) is 4.86. The van der Waals surface area contributed by atoms with Gasteiger partial charge in [-0.1, -0.05) is 36.4 Å². The van der Waals surface area contributed by atoms with Crippen LogP contribution in [-0.2, 0) is 19.6 Å². The molecule has 0 fully saturated rings. The molecule has 1 aromatic heterocycles. The molecule has 3 aromatic rings. The molecular weight excluding hydrogens is 527 g/mol. The number of halogens is 3. The number of nitrogens with one attached hydrogen (secondary N) is 1. The van der Waals surface area contributed by atoms with E-state index in [2.05, 4.69) is 42.8 Å². The van der Waals surface area contributed by atoms with Gasteiger partial charge in [0.25, 0.3) is 0 Å². The van der Waals surface area contributed by atoms with Gasteiger partial charge in [0.05, 0.1) is 0 Å². The molecule has 3 rings (SSSR count). The summed E-state index contributed by atoms with van der Waals surface area (Å²) in [5.74, 6) is 1.87. The Morgan fingerprint density at radius 3 is 2.50 bits per heavy atom. The van der Waals surface area contributed by atoms with Crippen molar-refractivity contribution in [3.63, 3.8) is 0 Å². The zero-order valence-corrected chi connectivity index (χ0v) is 20.7. The van der Waals surface area contributed by atoms with Gasteiger partial charge < -0.3 is 19.5 Å². The van der Waals surface area contributed by atoms with Crippen molar-refractivity contribution in [2.75, 3.05) is 14.1 Å². The highest BCUT2D eigenvalue weighted by atomic mass is 127. The van der Waals surface area contributed by atoms with Crippen LogP contribution in [0.25, 0.3) is 0 Å². The molecule has 0 atom stereocenters. The van der Waals surface area contributed by atoms with Gasteiger partial charge in [-0.25, -0.2) is 4.98 Å². The van der Waals surface area contributed by atoms with Gasteiger partial charge in [-0.2, -0.15) is 8.78 Å². The Kier molecular flexibility index (Phi) is 9.89. The topological polar surface area (TPSA) is 54.7 Å². The third kappa shape index (κ3) is 7.47. The second-order valence-corrected chi connectivity index (χ2v) is 7.20. The first kappa shape index (κ1) is 25.6. The molecule has 1 heterocycles. The predicted octanol–water partition coefficient (Wildman–Crippen LogP) is 4.67. The Morgan fingerprint density at radius 2 is 1.88 bits per heavy atom. The van der Waals surface area contributed by atoms with Crippen molar-refractivity contribution in [3.8, 4) is 5.75 Å². The van der Waals surface area contributed by atoms with E-state index in [0.717, 1.165) is 29.5 Å². The maximum absolute atomic E-state index is 12.3. The SMILES string of the molecule is CN=C(NCc1cccc(Cn2ccnc2C)c1)N(C)Cc1ccc(OC(F)F)cc1.I. The van der Waals surface area contributed by atoms with Gasteiger partial charge in [-0.3, -0.25) is 4.99 Å². The summed E-state index contributed by atoms with van der Waals surface area (Å²) in [7, 11) is 3.66. The molecule has 1 N–H and O–H groups in total. The second kappa shape index (κ2) is 12.4. The Morgan fingerprint density at radius 1 is 1.16 bits per heavy atom. The van der Waals surface area contributed by atoms with Crippen LogP contribution in [0.1, 0.15) is 22.5 Å².